The number of hydrogen-bond acceptors (Lipinski definition) is 5. The lowest BCUT2D eigenvalue weighted by atomic mass is 10.1. The summed E-state index contributed by atoms with van der Waals surface area (Å²) in [7, 11) is 0. The summed E-state index contributed by atoms with van der Waals surface area (Å²) in [6.07, 6.45) is 0.782. The summed E-state index contributed by atoms with van der Waals surface area (Å²) < 4.78 is 5.12. The van der Waals surface area contributed by atoms with Crippen LogP contribution in [0, 0.1) is 0 Å². The first kappa shape index (κ1) is 16.4. The molecule has 0 aromatic heterocycles. The molecule has 19 heavy (non-hydrogen) atoms. The highest BCUT2D eigenvalue weighted by molar-refractivity contribution is 5.75. The molecule has 1 heterocycles. The van der Waals surface area contributed by atoms with Crippen LogP contribution >= 0.6 is 0 Å². The van der Waals surface area contributed by atoms with E-state index in [1.54, 1.807) is 0 Å². The summed E-state index contributed by atoms with van der Waals surface area (Å²) >= 11 is 0. The molecule has 0 aromatic carbocycles. The number of ether oxygens (including phenoxy) is 1. The SMILES string of the molecule is CCOC(=O)C(CC)N1CCN(CC(C)(C)O)CC1. The molecule has 5 heteroatoms. The van der Waals surface area contributed by atoms with Crippen molar-refractivity contribution in [3.63, 3.8) is 0 Å². The van der Waals surface area contributed by atoms with E-state index in [1.165, 1.54) is 0 Å². The molecule has 0 bridgehead atoms. The number of hydrogen-bond donors (Lipinski definition) is 1. The molecule has 1 N–H and O–H groups in total. The predicted molar refractivity (Wildman–Crippen MR) is 75.0 cm³/mol. The second-order valence-corrected chi connectivity index (χ2v) is 5.80. The Morgan fingerprint density at radius 2 is 1.84 bits per heavy atom. The molecule has 0 saturated carbocycles. The van der Waals surface area contributed by atoms with Gasteiger partial charge in [0.2, 0.25) is 0 Å². The average Bonchev–Trinajstić information content (AvgIpc) is 2.30. The van der Waals surface area contributed by atoms with Crippen molar-refractivity contribution in [3.8, 4) is 0 Å². The number of carbonyl (C=O) groups excluding carboxylic acids is 1. The van der Waals surface area contributed by atoms with Crippen molar-refractivity contribution in [2.75, 3.05) is 39.3 Å². The molecule has 0 aromatic rings. The number of rotatable bonds is 6. The first-order chi connectivity index (χ1) is 8.87. The van der Waals surface area contributed by atoms with Crippen LogP contribution < -0.4 is 0 Å². The topological polar surface area (TPSA) is 53.0 Å². The zero-order chi connectivity index (χ0) is 14.5. The van der Waals surface area contributed by atoms with E-state index in [1.807, 2.05) is 27.7 Å². The van der Waals surface area contributed by atoms with E-state index in [0.717, 1.165) is 32.6 Å². The van der Waals surface area contributed by atoms with Gasteiger partial charge in [-0.3, -0.25) is 14.6 Å². The molecule has 1 aliphatic rings. The zero-order valence-electron chi connectivity index (χ0n) is 12.7. The van der Waals surface area contributed by atoms with Crippen molar-refractivity contribution < 1.29 is 14.6 Å². The Morgan fingerprint density at radius 3 is 2.26 bits per heavy atom. The molecule has 0 spiro atoms. The first-order valence-electron chi connectivity index (χ1n) is 7.22. The molecule has 1 unspecified atom stereocenters. The Kier molecular flexibility index (Phi) is 6.23. The molecule has 1 rings (SSSR count). The summed E-state index contributed by atoms with van der Waals surface area (Å²) in [6, 6.07) is -0.121. The van der Waals surface area contributed by atoms with Crippen LogP contribution in [0.25, 0.3) is 0 Å². The molecular formula is C14H28N2O3. The van der Waals surface area contributed by atoms with Crippen LogP contribution in [0.5, 0.6) is 0 Å². The van der Waals surface area contributed by atoms with Crippen LogP contribution in [0.1, 0.15) is 34.1 Å². The molecular weight excluding hydrogens is 244 g/mol. The van der Waals surface area contributed by atoms with Crippen LogP contribution in [0.2, 0.25) is 0 Å². The maximum Gasteiger partial charge on any atom is 0.323 e. The van der Waals surface area contributed by atoms with Crippen LogP contribution in [-0.4, -0.2) is 71.8 Å². The quantitative estimate of drug-likeness (QED) is 0.722. The van der Waals surface area contributed by atoms with Gasteiger partial charge in [0.05, 0.1) is 12.2 Å². The van der Waals surface area contributed by atoms with Crippen LogP contribution in [0.4, 0.5) is 0 Å². The van der Waals surface area contributed by atoms with Gasteiger partial charge in [-0.25, -0.2) is 0 Å². The second-order valence-electron chi connectivity index (χ2n) is 5.80. The number of esters is 1. The highest BCUT2D eigenvalue weighted by Gasteiger charge is 2.29. The number of aliphatic hydroxyl groups is 1. The molecule has 5 nitrogen and oxygen atoms in total. The van der Waals surface area contributed by atoms with Gasteiger partial charge in [-0.2, -0.15) is 0 Å². The maximum atomic E-state index is 11.9. The molecule has 112 valence electrons. The Morgan fingerprint density at radius 1 is 1.26 bits per heavy atom. The smallest absolute Gasteiger partial charge is 0.323 e. The fraction of sp³-hybridized carbons (Fsp3) is 0.929. The summed E-state index contributed by atoms with van der Waals surface area (Å²) in [6.45, 7) is 12.1. The minimum absolute atomic E-state index is 0.110. The molecule has 0 aliphatic carbocycles. The summed E-state index contributed by atoms with van der Waals surface area (Å²) in [5, 5.41) is 9.82. The second kappa shape index (κ2) is 7.22. The van der Waals surface area contributed by atoms with Crippen molar-refractivity contribution in [2.24, 2.45) is 0 Å². The van der Waals surface area contributed by atoms with Gasteiger partial charge in [0.25, 0.3) is 0 Å². The van der Waals surface area contributed by atoms with Crippen molar-refractivity contribution in [1.82, 2.24) is 9.80 Å². The highest BCUT2D eigenvalue weighted by Crippen LogP contribution is 2.13. The zero-order valence-corrected chi connectivity index (χ0v) is 12.7. The van der Waals surface area contributed by atoms with Crippen LogP contribution in [-0.2, 0) is 9.53 Å². The van der Waals surface area contributed by atoms with Crippen molar-refractivity contribution in [3.05, 3.63) is 0 Å². The molecule has 0 amide bonds. The van der Waals surface area contributed by atoms with E-state index in [2.05, 4.69) is 9.80 Å². The van der Waals surface area contributed by atoms with E-state index >= 15 is 0 Å². The summed E-state index contributed by atoms with van der Waals surface area (Å²) in [5.41, 5.74) is -0.659. The van der Waals surface area contributed by atoms with Crippen LogP contribution in [0.15, 0.2) is 0 Å². The highest BCUT2D eigenvalue weighted by atomic mass is 16.5. The normalized spacial score (nSPS) is 20.3. The van der Waals surface area contributed by atoms with Crippen molar-refractivity contribution >= 4 is 5.97 Å². The fourth-order valence-corrected chi connectivity index (χ4v) is 2.59. The number of carbonyl (C=O) groups is 1. The lowest BCUT2D eigenvalue weighted by Crippen LogP contribution is -2.54. The Bertz CT molecular complexity index is 281. The van der Waals surface area contributed by atoms with E-state index < -0.39 is 5.60 Å². The largest absolute Gasteiger partial charge is 0.465 e. The standard InChI is InChI=1S/C14H28N2O3/c1-5-12(13(17)19-6-2)16-9-7-15(8-10-16)11-14(3,4)18/h12,18H,5-11H2,1-4H3. The third kappa shape index (κ3) is 5.47. The first-order valence-corrected chi connectivity index (χ1v) is 7.22. The van der Waals surface area contributed by atoms with Gasteiger partial charge in [0.1, 0.15) is 6.04 Å². The summed E-state index contributed by atoms with van der Waals surface area (Å²) in [5.74, 6) is -0.110. The third-order valence-electron chi connectivity index (χ3n) is 3.40. The van der Waals surface area contributed by atoms with Gasteiger partial charge < -0.3 is 9.84 Å². The number of β-amino-alcohol motifs (C(OH)–C–C–N with tert-alkyl or cyclic N) is 1. The monoisotopic (exact) mass is 272 g/mol. The van der Waals surface area contributed by atoms with E-state index in [-0.39, 0.29) is 12.0 Å². The number of nitrogens with zero attached hydrogens (tertiary/aromatic N) is 2. The molecule has 0 radical (unpaired) electrons. The van der Waals surface area contributed by atoms with Crippen LogP contribution in [0.3, 0.4) is 0 Å². The number of piperazine rings is 1. The Balaban J connectivity index is 2.45. The summed E-state index contributed by atoms with van der Waals surface area (Å²) in [4.78, 5) is 16.3. The van der Waals surface area contributed by atoms with E-state index in [0.29, 0.717) is 13.2 Å². The van der Waals surface area contributed by atoms with E-state index in [9.17, 15) is 9.90 Å². The minimum atomic E-state index is -0.659. The molecule has 1 fully saturated rings. The average molecular weight is 272 g/mol. The van der Waals surface area contributed by atoms with Gasteiger partial charge in [0.15, 0.2) is 0 Å². The lowest BCUT2D eigenvalue weighted by molar-refractivity contribution is -0.150. The molecule has 1 aliphatic heterocycles. The molecule has 1 atom stereocenters. The fourth-order valence-electron chi connectivity index (χ4n) is 2.59. The predicted octanol–water partition coefficient (Wildman–Crippen LogP) is 0.717. The third-order valence-corrected chi connectivity index (χ3v) is 3.40. The van der Waals surface area contributed by atoms with Gasteiger partial charge >= 0.3 is 5.97 Å². The Hall–Kier alpha value is -0.650. The lowest BCUT2D eigenvalue weighted by Gasteiger charge is -2.39. The van der Waals surface area contributed by atoms with Gasteiger partial charge in [-0.05, 0) is 27.2 Å². The van der Waals surface area contributed by atoms with Crippen molar-refractivity contribution in [1.29, 1.82) is 0 Å². The molecule has 1 saturated heterocycles. The maximum absolute atomic E-state index is 11.9. The van der Waals surface area contributed by atoms with Gasteiger partial charge in [-0.1, -0.05) is 6.92 Å². The Labute approximate surface area is 116 Å². The van der Waals surface area contributed by atoms with E-state index in [4.69, 9.17) is 4.74 Å². The van der Waals surface area contributed by atoms with Gasteiger partial charge in [-0.15, -0.1) is 0 Å². The van der Waals surface area contributed by atoms with Gasteiger partial charge in [0, 0.05) is 32.7 Å². The minimum Gasteiger partial charge on any atom is -0.465 e. The van der Waals surface area contributed by atoms with Crippen molar-refractivity contribution in [2.45, 2.75) is 45.8 Å².